The number of nitrogens with two attached hydrogens (primary N) is 1. The number of carbonyl (C=O) groups excluding carboxylic acids is 1. The van der Waals surface area contributed by atoms with Gasteiger partial charge in [0.2, 0.25) is 0 Å². The lowest BCUT2D eigenvalue weighted by molar-refractivity contribution is 0.0138. The van der Waals surface area contributed by atoms with Gasteiger partial charge in [0.1, 0.15) is 11.5 Å². The van der Waals surface area contributed by atoms with Crippen LogP contribution in [0.1, 0.15) is 23.2 Å². The summed E-state index contributed by atoms with van der Waals surface area (Å²) in [4.78, 5) is 14.6. The number of benzene rings is 1. The highest BCUT2D eigenvalue weighted by Gasteiger charge is 2.31. The van der Waals surface area contributed by atoms with Crippen molar-refractivity contribution in [2.75, 3.05) is 34.4 Å². The number of ether oxygens (including phenoxy) is 3. The SMILES string of the molecule is COc1cc(OC)cc(C(=O)N2CCC(OC)CC2CN)c1.Cl. The average molecular weight is 345 g/mol. The summed E-state index contributed by atoms with van der Waals surface area (Å²) in [7, 11) is 4.83. The minimum absolute atomic E-state index is 0. The molecule has 1 aliphatic rings. The number of methoxy groups -OCH3 is 3. The monoisotopic (exact) mass is 344 g/mol. The maximum Gasteiger partial charge on any atom is 0.254 e. The third kappa shape index (κ3) is 4.50. The van der Waals surface area contributed by atoms with Gasteiger partial charge >= 0.3 is 0 Å². The van der Waals surface area contributed by atoms with Crippen molar-refractivity contribution in [2.45, 2.75) is 25.0 Å². The molecule has 2 unspecified atom stereocenters. The lowest BCUT2D eigenvalue weighted by Crippen LogP contribution is -2.51. The zero-order valence-corrected chi connectivity index (χ0v) is 14.6. The molecule has 0 aromatic heterocycles. The summed E-state index contributed by atoms with van der Waals surface area (Å²) in [5.74, 6) is 1.14. The molecule has 1 amide bonds. The Morgan fingerprint density at radius 3 is 2.30 bits per heavy atom. The zero-order chi connectivity index (χ0) is 16.1. The Kier molecular flexibility index (Phi) is 7.61. The molecule has 0 saturated carbocycles. The van der Waals surface area contributed by atoms with Crippen LogP contribution < -0.4 is 15.2 Å². The van der Waals surface area contributed by atoms with Gasteiger partial charge in [-0.1, -0.05) is 0 Å². The van der Waals surface area contributed by atoms with E-state index in [-0.39, 0.29) is 30.5 Å². The molecule has 1 fully saturated rings. The van der Waals surface area contributed by atoms with Crippen LogP contribution in [-0.2, 0) is 4.74 Å². The minimum Gasteiger partial charge on any atom is -0.497 e. The molecule has 23 heavy (non-hydrogen) atoms. The van der Waals surface area contributed by atoms with E-state index in [9.17, 15) is 4.79 Å². The predicted octanol–water partition coefficient (Wildman–Crippen LogP) is 1.70. The van der Waals surface area contributed by atoms with Crippen LogP contribution in [0.2, 0.25) is 0 Å². The summed E-state index contributed by atoms with van der Waals surface area (Å²) in [5.41, 5.74) is 6.39. The van der Waals surface area contributed by atoms with Crippen LogP contribution in [0.4, 0.5) is 0 Å². The smallest absolute Gasteiger partial charge is 0.254 e. The topological polar surface area (TPSA) is 74.0 Å². The molecule has 1 aliphatic heterocycles. The van der Waals surface area contributed by atoms with E-state index in [0.717, 1.165) is 12.8 Å². The number of carbonyl (C=O) groups is 1. The first-order chi connectivity index (χ1) is 10.6. The van der Waals surface area contributed by atoms with Crippen LogP contribution in [0.5, 0.6) is 11.5 Å². The third-order valence-electron chi connectivity index (χ3n) is 4.13. The van der Waals surface area contributed by atoms with E-state index < -0.39 is 0 Å². The lowest BCUT2D eigenvalue weighted by atomic mass is 9.98. The minimum atomic E-state index is -0.0535. The van der Waals surface area contributed by atoms with Crippen molar-refractivity contribution < 1.29 is 19.0 Å². The van der Waals surface area contributed by atoms with Crippen molar-refractivity contribution in [2.24, 2.45) is 5.73 Å². The van der Waals surface area contributed by atoms with Crippen LogP contribution in [0.15, 0.2) is 18.2 Å². The second-order valence-corrected chi connectivity index (χ2v) is 5.37. The number of hydrogen-bond acceptors (Lipinski definition) is 5. The molecule has 7 heteroatoms. The fourth-order valence-electron chi connectivity index (χ4n) is 2.82. The van der Waals surface area contributed by atoms with E-state index in [1.54, 1.807) is 39.5 Å². The van der Waals surface area contributed by atoms with Crippen molar-refractivity contribution in [3.8, 4) is 11.5 Å². The third-order valence-corrected chi connectivity index (χ3v) is 4.13. The number of rotatable bonds is 5. The predicted molar refractivity (Wildman–Crippen MR) is 90.7 cm³/mol. The summed E-state index contributed by atoms with van der Waals surface area (Å²) >= 11 is 0. The van der Waals surface area contributed by atoms with Crippen LogP contribution in [0.25, 0.3) is 0 Å². The van der Waals surface area contributed by atoms with E-state index in [1.165, 1.54) is 0 Å². The van der Waals surface area contributed by atoms with Gasteiger partial charge in [-0.3, -0.25) is 4.79 Å². The first-order valence-electron chi connectivity index (χ1n) is 7.39. The fraction of sp³-hybridized carbons (Fsp3) is 0.562. The average Bonchev–Trinajstić information content (AvgIpc) is 2.59. The van der Waals surface area contributed by atoms with Gasteiger partial charge in [-0.15, -0.1) is 12.4 Å². The van der Waals surface area contributed by atoms with Gasteiger partial charge in [0.25, 0.3) is 5.91 Å². The molecule has 2 N–H and O–H groups in total. The number of hydrogen-bond donors (Lipinski definition) is 1. The van der Waals surface area contributed by atoms with Crippen LogP contribution in [0, 0.1) is 0 Å². The van der Waals surface area contributed by atoms with Crippen molar-refractivity contribution in [3.63, 3.8) is 0 Å². The summed E-state index contributed by atoms with van der Waals surface area (Å²) < 4.78 is 15.9. The van der Waals surface area contributed by atoms with Crippen LogP contribution in [0.3, 0.4) is 0 Å². The highest BCUT2D eigenvalue weighted by Crippen LogP contribution is 2.26. The molecule has 130 valence electrons. The molecule has 1 heterocycles. The normalized spacial score (nSPS) is 20.6. The first-order valence-corrected chi connectivity index (χ1v) is 7.39. The second kappa shape index (κ2) is 8.96. The maximum absolute atomic E-state index is 12.8. The van der Waals surface area contributed by atoms with Gasteiger partial charge in [-0.2, -0.15) is 0 Å². The fourth-order valence-corrected chi connectivity index (χ4v) is 2.82. The summed E-state index contributed by atoms with van der Waals surface area (Å²) in [6.45, 7) is 1.06. The molecule has 0 radical (unpaired) electrons. The summed E-state index contributed by atoms with van der Waals surface area (Å²) in [6.07, 6.45) is 1.75. The number of piperidine rings is 1. The van der Waals surface area contributed by atoms with E-state index in [2.05, 4.69) is 0 Å². The Morgan fingerprint density at radius 1 is 1.22 bits per heavy atom. The van der Waals surface area contributed by atoms with Gasteiger partial charge < -0.3 is 24.8 Å². The highest BCUT2D eigenvalue weighted by atomic mass is 35.5. The molecular weight excluding hydrogens is 320 g/mol. The summed E-state index contributed by atoms with van der Waals surface area (Å²) in [6, 6.07) is 5.18. The quantitative estimate of drug-likeness (QED) is 0.880. The van der Waals surface area contributed by atoms with E-state index in [0.29, 0.717) is 30.2 Å². The molecule has 1 saturated heterocycles. The molecule has 2 atom stereocenters. The number of amides is 1. The van der Waals surface area contributed by atoms with E-state index in [4.69, 9.17) is 19.9 Å². The van der Waals surface area contributed by atoms with Gasteiger partial charge in [-0.05, 0) is 25.0 Å². The van der Waals surface area contributed by atoms with Gasteiger partial charge in [0.15, 0.2) is 0 Å². The van der Waals surface area contributed by atoms with Gasteiger partial charge in [0, 0.05) is 37.9 Å². The molecule has 0 bridgehead atoms. The Bertz CT molecular complexity index is 505. The summed E-state index contributed by atoms with van der Waals surface area (Å²) in [5, 5.41) is 0. The van der Waals surface area contributed by atoms with Crippen LogP contribution in [-0.4, -0.2) is 57.4 Å². The number of halogens is 1. The maximum atomic E-state index is 12.8. The first kappa shape index (κ1) is 19.5. The van der Waals surface area contributed by atoms with Gasteiger partial charge in [0.05, 0.1) is 20.3 Å². The molecule has 1 aromatic rings. The molecule has 0 spiro atoms. The van der Waals surface area contributed by atoms with Gasteiger partial charge in [-0.25, -0.2) is 0 Å². The molecule has 0 aliphatic carbocycles. The van der Waals surface area contributed by atoms with Crippen LogP contribution >= 0.6 is 12.4 Å². The highest BCUT2D eigenvalue weighted by molar-refractivity contribution is 5.95. The van der Waals surface area contributed by atoms with Crippen molar-refractivity contribution in [1.29, 1.82) is 0 Å². The standard InChI is InChI=1S/C16H24N2O4.ClH/c1-20-13-4-5-18(12(8-13)10-17)16(19)11-6-14(21-2)9-15(7-11)22-3;/h6-7,9,12-13H,4-5,8,10,17H2,1-3H3;1H. The molecule has 1 aromatic carbocycles. The van der Waals surface area contributed by atoms with Crippen molar-refractivity contribution in [1.82, 2.24) is 4.90 Å². The Labute approximate surface area is 143 Å². The number of nitrogens with zero attached hydrogens (tertiary/aromatic N) is 1. The van der Waals surface area contributed by atoms with Crippen molar-refractivity contribution in [3.05, 3.63) is 23.8 Å². The number of likely N-dealkylation sites (tertiary alicyclic amines) is 1. The zero-order valence-electron chi connectivity index (χ0n) is 13.8. The Morgan fingerprint density at radius 2 is 1.83 bits per heavy atom. The second-order valence-electron chi connectivity index (χ2n) is 5.37. The van der Waals surface area contributed by atoms with E-state index >= 15 is 0 Å². The Hall–Kier alpha value is -1.50. The van der Waals surface area contributed by atoms with Crippen molar-refractivity contribution >= 4 is 18.3 Å². The molecule has 6 nitrogen and oxygen atoms in total. The van der Waals surface area contributed by atoms with E-state index in [1.807, 2.05) is 4.90 Å². The largest absolute Gasteiger partial charge is 0.497 e. The lowest BCUT2D eigenvalue weighted by Gasteiger charge is -2.38. The molecular formula is C16H25ClN2O4. The Balaban J connectivity index is 0.00000264. The molecule has 2 rings (SSSR count).